The normalized spacial score (nSPS) is 10.0. The van der Waals surface area contributed by atoms with Gasteiger partial charge in [0.15, 0.2) is 0 Å². The molecule has 0 radical (unpaired) electrons. The number of pyridine rings is 4. The molecule has 0 bridgehead atoms. The van der Waals surface area contributed by atoms with Crippen LogP contribution in [0.3, 0.4) is 0 Å². The number of H-pyrrole nitrogens is 1. The van der Waals surface area contributed by atoms with Crippen LogP contribution in [0.5, 0.6) is 0 Å². The molecule has 8 nitrogen and oxygen atoms in total. The molecule has 0 aliphatic heterocycles. The van der Waals surface area contributed by atoms with Crippen LogP contribution in [-0.2, 0) is 0 Å². The zero-order chi connectivity index (χ0) is 56.3. The fourth-order valence-corrected chi connectivity index (χ4v) is 8.38. The molecule has 1 N–H and O–H groups in total. The highest BCUT2D eigenvalue weighted by molar-refractivity contribution is 7.09. The van der Waals surface area contributed by atoms with E-state index in [2.05, 4.69) is 185 Å². The van der Waals surface area contributed by atoms with Crippen LogP contribution in [0.1, 0.15) is 44.0 Å². The lowest BCUT2D eigenvalue weighted by Crippen LogP contribution is -1.78. The van der Waals surface area contributed by atoms with Gasteiger partial charge < -0.3 is 13.8 Å². The van der Waals surface area contributed by atoms with E-state index in [1.807, 2.05) is 124 Å². The van der Waals surface area contributed by atoms with Crippen molar-refractivity contribution in [2.75, 3.05) is 0 Å². The van der Waals surface area contributed by atoms with Crippen molar-refractivity contribution >= 4 is 55.2 Å². The molecule has 9 heteroatoms. The van der Waals surface area contributed by atoms with Gasteiger partial charge in [-0.2, -0.15) is 0 Å². The van der Waals surface area contributed by atoms with Crippen molar-refractivity contribution in [1.29, 1.82) is 0 Å². The number of rotatable bonds is 2. The second kappa shape index (κ2) is 31.0. The molecule has 0 spiro atoms. The van der Waals surface area contributed by atoms with Crippen LogP contribution >= 0.6 is 11.3 Å². The summed E-state index contributed by atoms with van der Waals surface area (Å²) in [5.41, 5.74) is 17.3. The minimum Gasteiger partial charge on any atom is -0.456 e. The lowest BCUT2D eigenvalue weighted by Gasteiger charge is -2.00. The van der Waals surface area contributed by atoms with Crippen LogP contribution in [0.25, 0.3) is 66.1 Å². The maximum absolute atomic E-state index is 5.78. The van der Waals surface area contributed by atoms with Crippen molar-refractivity contribution < 1.29 is 8.83 Å². The molecule has 14 rings (SSSR count). The SMILES string of the molecule is Cc1ccc(-c2cccnc2)cc1.Cc1ccc(-c2ccncc2)cc1.Cc1ccc2c(c1)oc1ccccc12.Cc1cccc2c1oc1ccccc12.Cc1cccnc1.Cc1cccs1.Cc1ccncc1.Cc1cnc[nH]1. The summed E-state index contributed by atoms with van der Waals surface area (Å²) in [7, 11) is 0. The summed E-state index contributed by atoms with van der Waals surface area (Å²) >= 11 is 1.78. The van der Waals surface area contributed by atoms with E-state index in [0.717, 1.165) is 28.0 Å². The number of benzene rings is 6. The number of imidazole rings is 1. The molecule has 0 fully saturated rings. The Morgan fingerprint density at radius 1 is 0.338 bits per heavy atom. The maximum atomic E-state index is 5.78. The van der Waals surface area contributed by atoms with Crippen molar-refractivity contribution in [2.24, 2.45) is 0 Å². The number of hydrogen-bond donors (Lipinski definition) is 1. The molecule has 0 unspecified atom stereocenters. The summed E-state index contributed by atoms with van der Waals surface area (Å²) in [5.74, 6) is 0. The monoisotopic (exact) mass is 1070 g/mol. The number of furan rings is 2. The van der Waals surface area contributed by atoms with Gasteiger partial charge in [-0.3, -0.25) is 19.9 Å². The van der Waals surface area contributed by atoms with E-state index in [-0.39, 0.29) is 0 Å². The molecule has 8 heterocycles. The molecule has 0 saturated heterocycles. The van der Waals surface area contributed by atoms with E-state index in [1.54, 1.807) is 48.6 Å². The third kappa shape index (κ3) is 18.6. The molecule has 0 amide bonds. The predicted octanol–water partition coefficient (Wildman–Crippen LogP) is 19.5. The number of aromatic amines is 1. The average Bonchev–Trinajstić information content (AvgIpc) is 4.34. The summed E-state index contributed by atoms with van der Waals surface area (Å²) in [5, 5.41) is 6.88. The van der Waals surface area contributed by atoms with Gasteiger partial charge in [0.05, 0.1) is 6.33 Å². The fourth-order valence-electron chi connectivity index (χ4n) is 7.85. The van der Waals surface area contributed by atoms with Crippen molar-refractivity contribution in [2.45, 2.75) is 55.4 Å². The van der Waals surface area contributed by atoms with E-state index in [9.17, 15) is 0 Å². The molecule has 80 heavy (non-hydrogen) atoms. The standard InChI is InChI=1S/2C13H10O.2C12H11N.2C6H7N.C5H6S.C4H6N2/c1-9-5-4-7-11-10-6-2-3-8-12(10)14-13(9)11;1-9-6-7-11-10-4-2-3-5-12(10)14-13(11)8-9;1-10-2-4-11(5-3-10)12-6-8-13-9-7-12;1-10-4-6-11(7-5-10)12-3-2-8-13-9-12;1-6-2-4-7-5-3-6;1-6-3-2-4-7-5-6;1-5-3-2-4-6-5;1-4-2-5-3-6-4/h2*2-8H,1H3;2*2-9H,1H3;2*2-5H,1H3;2-4H,1H3;2-3H,1H3,(H,5,6). The Bertz CT molecular complexity index is 3790. The van der Waals surface area contributed by atoms with Gasteiger partial charge >= 0.3 is 0 Å². The molecule has 0 atom stereocenters. The Kier molecular flexibility index (Phi) is 22.5. The highest BCUT2D eigenvalue weighted by Crippen LogP contribution is 2.31. The molecular weight excluding hydrogens is 1000 g/mol. The molecule has 0 aliphatic carbocycles. The van der Waals surface area contributed by atoms with Gasteiger partial charge in [-0.25, -0.2) is 4.98 Å². The summed E-state index contributed by atoms with van der Waals surface area (Å²) in [6.07, 6.45) is 17.9. The lowest BCUT2D eigenvalue weighted by atomic mass is 10.1. The summed E-state index contributed by atoms with van der Waals surface area (Å²) < 4.78 is 11.5. The molecule has 8 aromatic heterocycles. The maximum Gasteiger partial charge on any atom is 0.138 e. The van der Waals surface area contributed by atoms with Crippen LogP contribution in [-0.4, -0.2) is 29.9 Å². The summed E-state index contributed by atoms with van der Waals surface area (Å²) in [6.45, 7) is 16.5. The number of para-hydroxylation sites is 3. The molecule has 0 aliphatic rings. The second-order valence-electron chi connectivity index (χ2n) is 18.9. The zero-order valence-corrected chi connectivity index (χ0v) is 47.6. The van der Waals surface area contributed by atoms with Crippen LogP contribution in [0.4, 0.5) is 0 Å². The van der Waals surface area contributed by atoms with Gasteiger partial charge in [0.2, 0.25) is 0 Å². The fraction of sp³-hybridized carbons (Fsp3) is 0.113. The Labute approximate surface area is 474 Å². The van der Waals surface area contributed by atoms with Gasteiger partial charge in [0.1, 0.15) is 22.3 Å². The first-order valence-electron chi connectivity index (χ1n) is 26.4. The van der Waals surface area contributed by atoms with E-state index >= 15 is 0 Å². The van der Waals surface area contributed by atoms with E-state index in [4.69, 9.17) is 8.83 Å². The largest absolute Gasteiger partial charge is 0.456 e. The number of nitrogens with zero attached hydrogens (tertiary/aromatic N) is 5. The third-order valence-corrected chi connectivity index (χ3v) is 13.0. The van der Waals surface area contributed by atoms with Gasteiger partial charge in [0.25, 0.3) is 0 Å². The highest BCUT2D eigenvalue weighted by atomic mass is 32.1. The quantitative estimate of drug-likeness (QED) is 0.184. The molecule has 6 aromatic carbocycles. The number of nitrogens with one attached hydrogen (secondary N) is 1. The van der Waals surface area contributed by atoms with Gasteiger partial charge in [-0.15, -0.1) is 11.3 Å². The van der Waals surface area contributed by atoms with Gasteiger partial charge in [-0.1, -0.05) is 145 Å². The Balaban J connectivity index is 0.000000135. The summed E-state index contributed by atoms with van der Waals surface area (Å²) in [6, 6.07) is 65.9. The Morgan fingerprint density at radius 2 is 0.875 bits per heavy atom. The van der Waals surface area contributed by atoms with Crippen molar-refractivity contribution in [3.8, 4) is 22.3 Å². The minimum absolute atomic E-state index is 0.966. The summed E-state index contributed by atoms with van der Waals surface area (Å²) in [4.78, 5) is 23.8. The number of aromatic nitrogens is 6. The Morgan fingerprint density at radius 3 is 1.36 bits per heavy atom. The highest BCUT2D eigenvalue weighted by Gasteiger charge is 2.07. The van der Waals surface area contributed by atoms with Crippen LogP contribution in [0.2, 0.25) is 0 Å². The average molecular weight is 1070 g/mol. The van der Waals surface area contributed by atoms with Crippen LogP contribution < -0.4 is 0 Å². The Hall–Kier alpha value is -9.57. The lowest BCUT2D eigenvalue weighted by molar-refractivity contribution is 0.666. The topological polar surface area (TPSA) is 107 Å². The third-order valence-electron chi connectivity index (χ3n) is 12.2. The smallest absolute Gasteiger partial charge is 0.138 e. The van der Waals surface area contributed by atoms with Crippen molar-refractivity contribution in [3.05, 3.63) is 306 Å². The first-order chi connectivity index (χ1) is 39.0. The minimum atomic E-state index is 0.966. The number of hydrogen-bond acceptors (Lipinski definition) is 8. The van der Waals surface area contributed by atoms with Crippen LogP contribution in [0.15, 0.2) is 270 Å². The van der Waals surface area contributed by atoms with Crippen LogP contribution in [0, 0.1) is 55.4 Å². The predicted molar refractivity (Wildman–Crippen MR) is 336 cm³/mol. The van der Waals surface area contributed by atoms with Gasteiger partial charge in [0, 0.05) is 87.9 Å². The number of fused-ring (bicyclic) bond motifs is 6. The first-order valence-corrected chi connectivity index (χ1v) is 27.3. The number of thiophene rings is 1. The molecular formula is C71H68N6O2S. The molecule has 0 saturated carbocycles. The van der Waals surface area contributed by atoms with E-state index in [0.29, 0.717) is 0 Å². The zero-order valence-electron chi connectivity index (χ0n) is 46.8. The molecule has 400 valence electrons. The van der Waals surface area contributed by atoms with E-state index < -0.39 is 0 Å². The second-order valence-corrected chi connectivity index (χ2v) is 20.0. The first kappa shape index (κ1) is 58.1. The van der Waals surface area contributed by atoms with Gasteiger partial charge in [-0.05, 0) is 166 Å². The van der Waals surface area contributed by atoms with E-state index in [1.165, 1.54) is 82.1 Å². The number of aryl methyl sites for hydroxylation is 8. The molecule has 14 aromatic rings. The van der Waals surface area contributed by atoms with Crippen molar-refractivity contribution in [3.63, 3.8) is 0 Å². The van der Waals surface area contributed by atoms with Crippen molar-refractivity contribution in [1.82, 2.24) is 29.9 Å².